The zero-order chi connectivity index (χ0) is 18.2. The molecule has 4 nitrogen and oxygen atoms in total. The van der Waals surface area contributed by atoms with E-state index in [4.69, 9.17) is 4.74 Å². The standard InChI is InChI=1S/C21H26N2O2/c1-22(2)14-15-23(3)19-7-5-6-17(16-19)8-13-21(24)18-9-11-20(25-4)12-10-18/h5-13,16H,14-15H2,1-4H3. The highest BCUT2D eigenvalue weighted by Crippen LogP contribution is 2.17. The van der Waals surface area contributed by atoms with Gasteiger partial charge in [-0.15, -0.1) is 0 Å². The van der Waals surface area contributed by atoms with Crippen molar-refractivity contribution < 1.29 is 9.53 Å². The summed E-state index contributed by atoms with van der Waals surface area (Å²) in [6.07, 6.45) is 3.47. The minimum absolute atomic E-state index is 0.0194. The van der Waals surface area contributed by atoms with E-state index in [1.165, 1.54) is 0 Å². The predicted octanol–water partition coefficient (Wildman–Crippen LogP) is 3.59. The van der Waals surface area contributed by atoms with Crippen LogP contribution >= 0.6 is 0 Å². The Morgan fingerprint density at radius 1 is 1.04 bits per heavy atom. The first-order valence-corrected chi connectivity index (χ1v) is 8.32. The van der Waals surface area contributed by atoms with Gasteiger partial charge in [0.2, 0.25) is 0 Å². The summed E-state index contributed by atoms with van der Waals surface area (Å²) in [6.45, 7) is 1.94. The minimum Gasteiger partial charge on any atom is -0.497 e. The molecule has 0 fully saturated rings. The van der Waals surface area contributed by atoms with Crippen LogP contribution in [-0.2, 0) is 0 Å². The Kier molecular flexibility index (Phi) is 6.78. The lowest BCUT2D eigenvalue weighted by Gasteiger charge is -2.21. The summed E-state index contributed by atoms with van der Waals surface area (Å²) in [5.74, 6) is 0.725. The Balaban J connectivity index is 2.04. The molecular weight excluding hydrogens is 312 g/mol. The molecule has 0 amide bonds. The second-order valence-corrected chi connectivity index (χ2v) is 6.25. The first-order chi connectivity index (χ1) is 12.0. The van der Waals surface area contributed by atoms with Crippen molar-refractivity contribution in [3.05, 3.63) is 65.7 Å². The number of nitrogens with zero attached hydrogens (tertiary/aromatic N) is 2. The fourth-order valence-electron chi connectivity index (χ4n) is 2.37. The van der Waals surface area contributed by atoms with E-state index in [1.807, 2.05) is 18.2 Å². The molecule has 0 saturated heterocycles. The van der Waals surface area contributed by atoms with E-state index >= 15 is 0 Å². The summed E-state index contributed by atoms with van der Waals surface area (Å²) in [5, 5.41) is 0. The summed E-state index contributed by atoms with van der Waals surface area (Å²) in [4.78, 5) is 16.6. The number of hydrogen-bond acceptors (Lipinski definition) is 4. The van der Waals surface area contributed by atoms with Gasteiger partial charge in [-0.3, -0.25) is 4.79 Å². The Hall–Kier alpha value is -2.59. The maximum Gasteiger partial charge on any atom is 0.185 e. The highest BCUT2D eigenvalue weighted by Gasteiger charge is 2.04. The largest absolute Gasteiger partial charge is 0.497 e. The van der Waals surface area contributed by atoms with E-state index in [0.717, 1.165) is 30.1 Å². The lowest BCUT2D eigenvalue weighted by Crippen LogP contribution is -2.28. The van der Waals surface area contributed by atoms with Crippen molar-refractivity contribution in [2.24, 2.45) is 0 Å². The monoisotopic (exact) mass is 338 g/mol. The van der Waals surface area contributed by atoms with Crippen LogP contribution in [0.2, 0.25) is 0 Å². The van der Waals surface area contributed by atoms with Gasteiger partial charge in [-0.2, -0.15) is 0 Å². The van der Waals surface area contributed by atoms with E-state index < -0.39 is 0 Å². The lowest BCUT2D eigenvalue weighted by atomic mass is 10.1. The predicted molar refractivity (Wildman–Crippen MR) is 105 cm³/mol. The van der Waals surface area contributed by atoms with E-state index in [-0.39, 0.29) is 5.78 Å². The van der Waals surface area contributed by atoms with Gasteiger partial charge in [0.1, 0.15) is 5.75 Å². The van der Waals surface area contributed by atoms with Crippen LogP contribution in [0.4, 0.5) is 5.69 Å². The zero-order valence-electron chi connectivity index (χ0n) is 15.4. The highest BCUT2D eigenvalue weighted by molar-refractivity contribution is 6.06. The minimum atomic E-state index is -0.0194. The summed E-state index contributed by atoms with van der Waals surface area (Å²) in [7, 11) is 7.82. The number of anilines is 1. The molecule has 0 aliphatic heterocycles. The molecule has 132 valence electrons. The average molecular weight is 338 g/mol. The van der Waals surface area contributed by atoms with E-state index in [2.05, 4.69) is 43.1 Å². The first kappa shape index (κ1) is 18.7. The van der Waals surface area contributed by atoms with Crippen LogP contribution in [-0.4, -0.2) is 52.0 Å². The SMILES string of the molecule is COc1ccc(C(=O)C=Cc2cccc(N(C)CCN(C)C)c2)cc1. The number of ketones is 1. The van der Waals surface area contributed by atoms with Crippen molar-refractivity contribution in [3.63, 3.8) is 0 Å². The molecule has 2 aromatic carbocycles. The lowest BCUT2D eigenvalue weighted by molar-refractivity contribution is 0.104. The molecule has 0 aliphatic rings. The van der Waals surface area contributed by atoms with Gasteiger partial charge in [-0.25, -0.2) is 0 Å². The van der Waals surface area contributed by atoms with Crippen LogP contribution in [0.1, 0.15) is 15.9 Å². The van der Waals surface area contributed by atoms with Crippen molar-refractivity contribution in [2.45, 2.75) is 0 Å². The summed E-state index contributed by atoms with van der Waals surface area (Å²) < 4.78 is 5.11. The number of ether oxygens (including phenoxy) is 1. The van der Waals surface area contributed by atoms with Crippen LogP contribution < -0.4 is 9.64 Å². The molecule has 2 aromatic rings. The van der Waals surface area contributed by atoms with Gasteiger partial charge in [0.25, 0.3) is 0 Å². The molecule has 0 saturated carbocycles. The molecule has 2 rings (SSSR count). The third kappa shape index (κ3) is 5.76. The molecule has 0 radical (unpaired) electrons. The maximum atomic E-state index is 12.3. The van der Waals surface area contributed by atoms with Crippen LogP contribution in [0.15, 0.2) is 54.6 Å². The Labute approximate surface area is 150 Å². The molecule has 0 spiro atoms. The summed E-state index contributed by atoms with van der Waals surface area (Å²) in [5.41, 5.74) is 2.80. The second kappa shape index (κ2) is 9.04. The van der Waals surface area contributed by atoms with Crippen LogP contribution in [0.5, 0.6) is 5.75 Å². The maximum absolute atomic E-state index is 12.3. The highest BCUT2D eigenvalue weighted by atomic mass is 16.5. The van der Waals surface area contributed by atoms with Crippen molar-refractivity contribution in [2.75, 3.05) is 46.2 Å². The second-order valence-electron chi connectivity index (χ2n) is 6.25. The van der Waals surface area contributed by atoms with Crippen LogP contribution in [0.25, 0.3) is 6.08 Å². The van der Waals surface area contributed by atoms with Crippen molar-refractivity contribution in [1.29, 1.82) is 0 Å². The fourth-order valence-corrected chi connectivity index (χ4v) is 2.37. The van der Waals surface area contributed by atoms with Gasteiger partial charge in [0.15, 0.2) is 5.78 Å². The van der Waals surface area contributed by atoms with E-state index in [0.29, 0.717) is 5.56 Å². The fraction of sp³-hybridized carbons (Fsp3) is 0.286. The number of carbonyl (C=O) groups excluding carboxylic acids is 1. The van der Waals surface area contributed by atoms with Gasteiger partial charge in [-0.05, 0) is 62.1 Å². The van der Waals surface area contributed by atoms with Crippen LogP contribution in [0, 0.1) is 0 Å². The normalized spacial score (nSPS) is 11.1. The third-order valence-corrected chi connectivity index (χ3v) is 4.00. The first-order valence-electron chi connectivity index (χ1n) is 8.32. The van der Waals surface area contributed by atoms with Gasteiger partial charge in [0.05, 0.1) is 7.11 Å². The van der Waals surface area contributed by atoms with Crippen LogP contribution in [0.3, 0.4) is 0 Å². The molecule has 0 aliphatic carbocycles. The molecule has 0 N–H and O–H groups in total. The smallest absolute Gasteiger partial charge is 0.185 e. The van der Waals surface area contributed by atoms with Crippen molar-refractivity contribution >= 4 is 17.5 Å². The number of carbonyl (C=O) groups is 1. The molecule has 0 atom stereocenters. The molecule has 0 heterocycles. The number of benzene rings is 2. The molecular formula is C21H26N2O2. The van der Waals surface area contributed by atoms with E-state index in [9.17, 15) is 4.79 Å². The number of hydrogen-bond donors (Lipinski definition) is 0. The zero-order valence-corrected chi connectivity index (χ0v) is 15.4. The molecule has 0 bridgehead atoms. The number of methoxy groups -OCH3 is 1. The number of allylic oxidation sites excluding steroid dienone is 1. The summed E-state index contributed by atoms with van der Waals surface area (Å²) >= 11 is 0. The van der Waals surface area contributed by atoms with Crippen molar-refractivity contribution in [3.8, 4) is 5.75 Å². The average Bonchev–Trinajstić information content (AvgIpc) is 2.64. The Bertz CT molecular complexity index is 721. The Morgan fingerprint density at radius 2 is 1.76 bits per heavy atom. The molecule has 0 unspecified atom stereocenters. The molecule has 0 aromatic heterocycles. The van der Waals surface area contributed by atoms with Gasteiger partial charge in [0, 0.05) is 31.4 Å². The van der Waals surface area contributed by atoms with Crippen molar-refractivity contribution in [1.82, 2.24) is 4.90 Å². The van der Waals surface area contributed by atoms with Gasteiger partial charge >= 0.3 is 0 Å². The quantitative estimate of drug-likeness (QED) is 0.544. The molecule has 25 heavy (non-hydrogen) atoms. The number of rotatable bonds is 8. The third-order valence-electron chi connectivity index (χ3n) is 4.00. The van der Waals surface area contributed by atoms with E-state index in [1.54, 1.807) is 37.5 Å². The van der Waals surface area contributed by atoms with Gasteiger partial charge < -0.3 is 14.5 Å². The molecule has 4 heteroatoms. The summed E-state index contributed by atoms with van der Waals surface area (Å²) in [6, 6.07) is 15.3. The Morgan fingerprint density at radius 3 is 2.40 bits per heavy atom. The van der Waals surface area contributed by atoms with Gasteiger partial charge in [-0.1, -0.05) is 18.2 Å². The topological polar surface area (TPSA) is 32.8 Å². The number of likely N-dealkylation sites (N-methyl/N-ethyl adjacent to an activating group) is 2.